The summed E-state index contributed by atoms with van der Waals surface area (Å²) >= 11 is 0. The average molecular weight is 395 g/mol. The van der Waals surface area contributed by atoms with E-state index in [2.05, 4.69) is 11.9 Å². The third-order valence-electron chi connectivity index (χ3n) is 3.95. The van der Waals surface area contributed by atoms with Crippen LogP contribution in [0.15, 0.2) is 67.3 Å². The molecule has 29 heavy (non-hydrogen) atoms. The van der Waals surface area contributed by atoms with Gasteiger partial charge in [-0.3, -0.25) is 4.79 Å². The maximum absolute atomic E-state index is 12.1. The maximum Gasteiger partial charge on any atom is 0.331 e. The SMILES string of the molecule is C=CCOc1ccc(/C=C/C(=O)O[C@@H](C)C(=O)NCc2ccc(OC)cc2)cc1. The molecule has 6 nitrogen and oxygen atoms in total. The largest absolute Gasteiger partial charge is 0.497 e. The summed E-state index contributed by atoms with van der Waals surface area (Å²) in [6.07, 6.45) is 3.66. The fourth-order valence-electron chi connectivity index (χ4n) is 2.34. The zero-order chi connectivity index (χ0) is 21.1. The molecule has 0 saturated heterocycles. The molecular weight excluding hydrogens is 370 g/mol. The molecule has 152 valence electrons. The molecule has 0 radical (unpaired) electrons. The van der Waals surface area contributed by atoms with Gasteiger partial charge in [-0.05, 0) is 48.4 Å². The predicted octanol–water partition coefficient (Wildman–Crippen LogP) is 3.52. The molecule has 0 unspecified atom stereocenters. The van der Waals surface area contributed by atoms with Gasteiger partial charge in [-0.1, -0.05) is 36.9 Å². The number of hydrogen-bond acceptors (Lipinski definition) is 5. The van der Waals surface area contributed by atoms with Crippen LogP contribution in [0.1, 0.15) is 18.1 Å². The second-order valence-corrected chi connectivity index (χ2v) is 6.15. The van der Waals surface area contributed by atoms with Crippen LogP contribution in [0.2, 0.25) is 0 Å². The van der Waals surface area contributed by atoms with Crippen molar-refractivity contribution in [1.82, 2.24) is 5.32 Å². The van der Waals surface area contributed by atoms with Gasteiger partial charge in [-0.15, -0.1) is 0 Å². The normalized spacial score (nSPS) is 11.5. The third-order valence-corrected chi connectivity index (χ3v) is 3.95. The maximum atomic E-state index is 12.1. The van der Waals surface area contributed by atoms with Gasteiger partial charge in [0.25, 0.3) is 5.91 Å². The van der Waals surface area contributed by atoms with Crippen molar-refractivity contribution >= 4 is 18.0 Å². The number of methoxy groups -OCH3 is 1. The van der Waals surface area contributed by atoms with Crippen molar-refractivity contribution in [1.29, 1.82) is 0 Å². The Kier molecular flexibility index (Phi) is 8.51. The molecule has 0 aliphatic rings. The van der Waals surface area contributed by atoms with Gasteiger partial charge in [-0.2, -0.15) is 0 Å². The van der Waals surface area contributed by atoms with Gasteiger partial charge in [0.2, 0.25) is 0 Å². The van der Waals surface area contributed by atoms with Crippen molar-refractivity contribution in [3.05, 3.63) is 78.4 Å². The molecule has 1 amide bonds. The number of nitrogens with one attached hydrogen (secondary N) is 1. The van der Waals surface area contributed by atoms with Gasteiger partial charge >= 0.3 is 5.97 Å². The van der Waals surface area contributed by atoms with Crippen LogP contribution in [0.5, 0.6) is 11.5 Å². The summed E-state index contributed by atoms with van der Waals surface area (Å²) < 4.78 is 15.6. The number of carbonyl (C=O) groups excluding carboxylic acids is 2. The summed E-state index contributed by atoms with van der Waals surface area (Å²) in [5.74, 6) is 0.496. The molecule has 1 atom stereocenters. The quantitative estimate of drug-likeness (QED) is 0.379. The Morgan fingerprint density at radius 2 is 1.72 bits per heavy atom. The molecular formula is C23H25NO5. The van der Waals surface area contributed by atoms with Crippen LogP contribution in [0.4, 0.5) is 0 Å². The lowest BCUT2D eigenvalue weighted by atomic mass is 10.2. The van der Waals surface area contributed by atoms with Crippen molar-refractivity contribution in [2.75, 3.05) is 13.7 Å². The molecule has 0 fully saturated rings. The minimum Gasteiger partial charge on any atom is -0.497 e. The van der Waals surface area contributed by atoms with E-state index in [4.69, 9.17) is 14.2 Å². The van der Waals surface area contributed by atoms with E-state index in [1.807, 2.05) is 36.4 Å². The summed E-state index contributed by atoms with van der Waals surface area (Å²) in [5, 5.41) is 2.74. The Morgan fingerprint density at radius 1 is 1.07 bits per heavy atom. The molecule has 0 aliphatic heterocycles. The van der Waals surface area contributed by atoms with Crippen LogP contribution in [-0.2, 0) is 20.9 Å². The van der Waals surface area contributed by atoms with Crippen molar-refractivity contribution in [3.8, 4) is 11.5 Å². The van der Waals surface area contributed by atoms with Crippen molar-refractivity contribution in [2.45, 2.75) is 19.6 Å². The molecule has 0 bridgehead atoms. The van der Waals surface area contributed by atoms with E-state index in [1.165, 1.54) is 13.0 Å². The van der Waals surface area contributed by atoms with E-state index in [-0.39, 0.29) is 5.91 Å². The topological polar surface area (TPSA) is 73.9 Å². The highest BCUT2D eigenvalue weighted by molar-refractivity contribution is 5.90. The molecule has 0 saturated carbocycles. The zero-order valence-electron chi connectivity index (χ0n) is 16.6. The predicted molar refractivity (Wildman–Crippen MR) is 112 cm³/mol. The Labute approximate surface area is 170 Å². The van der Waals surface area contributed by atoms with Gasteiger partial charge in [0.15, 0.2) is 6.10 Å². The second kappa shape index (κ2) is 11.3. The lowest BCUT2D eigenvalue weighted by Crippen LogP contribution is -2.35. The zero-order valence-corrected chi connectivity index (χ0v) is 16.6. The number of ether oxygens (including phenoxy) is 3. The van der Waals surface area contributed by atoms with Crippen molar-refractivity contribution in [2.24, 2.45) is 0 Å². The molecule has 0 heterocycles. The number of amides is 1. The van der Waals surface area contributed by atoms with Crippen LogP contribution in [0, 0.1) is 0 Å². The minimum absolute atomic E-state index is 0.334. The monoisotopic (exact) mass is 395 g/mol. The molecule has 2 rings (SSSR count). The number of rotatable bonds is 10. The summed E-state index contributed by atoms with van der Waals surface area (Å²) in [6, 6.07) is 14.5. The van der Waals surface area contributed by atoms with Crippen LogP contribution in [-0.4, -0.2) is 31.7 Å². The second-order valence-electron chi connectivity index (χ2n) is 6.15. The molecule has 2 aromatic carbocycles. The first-order valence-corrected chi connectivity index (χ1v) is 9.15. The van der Waals surface area contributed by atoms with Crippen LogP contribution in [0.3, 0.4) is 0 Å². The van der Waals surface area contributed by atoms with E-state index in [1.54, 1.807) is 31.4 Å². The first kappa shape index (κ1) is 21.8. The van der Waals surface area contributed by atoms with Crippen LogP contribution in [0.25, 0.3) is 6.08 Å². The lowest BCUT2D eigenvalue weighted by molar-refractivity contribution is -0.150. The summed E-state index contributed by atoms with van der Waals surface area (Å²) in [7, 11) is 1.59. The number of benzene rings is 2. The van der Waals surface area contributed by atoms with E-state index in [0.29, 0.717) is 18.9 Å². The average Bonchev–Trinajstić information content (AvgIpc) is 2.75. The highest BCUT2D eigenvalue weighted by Crippen LogP contribution is 2.13. The summed E-state index contributed by atoms with van der Waals surface area (Å²) in [5.41, 5.74) is 1.72. The first-order chi connectivity index (χ1) is 14.0. The smallest absolute Gasteiger partial charge is 0.331 e. The Hall–Kier alpha value is -3.54. The van der Waals surface area contributed by atoms with E-state index in [0.717, 1.165) is 16.9 Å². The van der Waals surface area contributed by atoms with Gasteiger partial charge in [0.1, 0.15) is 18.1 Å². The van der Waals surface area contributed by atoms with Crippen LogP contribution >= 0.6 is 0 Å². The highest BCUT2D eigenvalue weighted by atomic mass is 16.5. The van der Waals surface area contributed by atoms with Crippen molar-refractivity contribution in [3.63, 3.8) is 0 Å². The fraction of sp³-hybridized carbons (Fsp3) is 0.217. The summed E-state index contributed by atoms with van der Waals surface area (Å²) in [4.78, 5) is 24.1. The highest BCUT2D eigenvalue weighted by Gasteiger charge is 2.16. The Balaban J connectivity index is 1.78. The minimum atomic E-state index is -0.903. The Bertz CT molecular complexity index is 841. The van der Waals surface area contributed by atoms with Gasteiger partial charge in [0.05, 0.1) is 7.11 Å². The van der Waals surface area contributed by atoms with E-state index >= 15 is 0 Å². The van der Waals surface area contributed by atoms with Crippen molar-refractivity contribution < 1.29 is 23.8 Å². The molecule has 1 N–H and O–H groups in total. The summed E-state index contributed by atoms with van der Waals surface area (Å²) in [6.45, 7) is 5.88. The van der Waals surface area contributed by atoms with Gasteiger partial charge < -0.3 is 19.5 Å². The first-order valence-electron chi connectivity index (χ1n) is 9.15. The van der Waals surface area contributed by atoms with E-state index < -0.39 is 12.1 Å². The number of carbonyl (C=O) groups is 2. The molecule has 2 aromatic rings. The molecule has 0 aliphatic carbocycles. The Morgan fingerprint density at radius 3 is 2.34 bits per heavy atom. The molecule has 0 spiro atoms. The third kappa shape index (κ3) is 7.54. The molecule has 6 heteroatoms. The number of esters is 1. The molecule has 0 aromatic heterocycles. The fourth-order valence-corrected chi connectivity index (χ4v) is 2.34. The standard InChI is InChI=1S/C23H25NO5/c1-4-15-28-21-12-5-18(6-13-21)9-14-22(25)29-17(2)23(26)24-16-19-7-10-20(27-3)11-8-19/h4-14,17H,1,15-16H2,2-3H3,(H,24,26)/b14-9+/t17-/m0/s1. The van der Waals surface area contributed by atoms with E-state index in [9.17, 15) is 9.59 Å². The lowest BCUT2D eigenvalue weighted by Gasteiger charge is -2.12. The van der Waals surface area contributed by atoms with Crippen LogP contribution < -0.4 is 14.8 Å². The van der Waals surface area contributed by atoms with Gasteiger partial charge in [0, 0.05) is 12.6 Å². The van der Waals surface area contributed by atoms with Gasteiger partial charge in [-0.25, -0.2) is 4.79 Å². The number of hydrogen-bond donors (Lipinski definition) is 1.